The molecule has 6 atom stereocenters. The van der Waals surface area contributed by atoms with Crippen LogP contribution in [-0.4, -0.2) is 65.9 Å². The topological polar surface area (TPSA) is 122 Å². The Hall–Kier alpha value is -4.58. The van der Waals surface area contributed by atoms with Gasteiger partial charge in [0, 0.05) is 0 Å². The van der Waals surface area contributed by atoms with E-state index in [1.54, 1.807) is 20.8 Å². The highest BCUT2D eigenvalue weighted by atomic mass is 16.6. The number of carbonyl (C=O) groups excluding carboxylic acids is 1. The van der Waals surface area contributed by atoms with Gasteiger partial charge in [-0.05, 0) is 62.3 Å². The molecule has 0 aliphatic carbocycles. The maximum absolute atomic E-state index is 12.5. The number of amides is 1. The van der Waals surface area contributed by atoms with Gasteiger partial charge in [-0.25, -0.2) is 9.59 Å². The fraction of sp³-hybridized carbons (Fsp3) is 0.409. The number of benzene rings is 4. The van der Waals surface area contributed by atoms with Crippen molar-refractivity contribution in [2.24, 2.45) is 0 Å². The Kier molecular flexibility index (Phi) is 15.6. The number of rotatable bonds is 19. The zero-order chi connectivity index (χ0) is 38.2. The van der Waals surface area contributed by atoms with Gasteiger partial charge in [0.2, 0.25) is 0 Å². The minimum atomic E-state index is -1.15. The van der Waals surface area contributed by atoms with Crippen molar-refractivity contribution in [2.45, 2.75) is 109 Å². The summed E-state index contributed by atoms with van der Waals surface area (Å²) in [5.41, 5.74) is 3.26. The van der Waals surface area contributed by atoms with Crippen molar-refractivity contribution in [3.05, 3.63) is 144 Å². The second-order valence-corrected chi connectivity index (χ2v) is 14.5. The van der Waals surface area contributed by atoms with Gasteiger partial charge in [0.15, 0.2) is 0 Å². The molecule has 1 fully saturated rings. The average Bonchev–Trinajstić information content (AvgIpc) is 3.16. The van der Waals surface area contributed by atoms with Gasteiger partial charge in [-0.1, -0.05) is 121 Å². The summed E-state index contributed by atoms with van der Waals surface area (Å²) in [4.78, 5) is 24.7. The Bertz CT molecular complexity index is 1670. The molecule has 0 spiro atoms. The SMILES string of the molecule is CC(C)(C)OC(=O)N[C@@H](CCC[C@@H]1O[C@H](COCc2ccccc2)[C@@H](OCc2ccccc2)[C@H](OCc2ccccc2)[C@@H]1OCc1ccccc1)C(=O)O. The highest BCUT2D eigenvalue weighted by Crippen LogP contribution is 2.33. The second kappa shape index (κ2) is 20.8. The third kappa shape index (κ3) is 13.4. The first-order valence-corrected chi connectivity index (χ1v) is 18.6. The van der Waals surface area contributed by atoms with Gasteiger partial charge in [0.05, 0.1) is 39.1 Å². The predicted octanol–water partition coefficient (Wildman–Crippen LogP) is 7.88. The molecule has 0 unspecified atom stereocenters. The van der Waals surface area contributed by atoms with E-state index >= 15 is 0 Å². The van der Waals surface area contributed by atoms with Crippen LogP contribution in [0.3, 0.4) is 0 Å². The smallest absolute Gasteiger partial charge is 0.408 e. The molecule has 10 nitrogen and oxygen atoms in total. The third-order valence-electron chi connectivity index (χ3n) is 8.95. The van der Waals surface area contributed by atoms with Crippen molar-refractivity contribution in [2.75, 3.05) is 6.61 Å². The van der Waals surface area contributed by atoms with Crippen LogP contribution in [0.15, 0.2) is 121 Å². The first kappa shape index (κ1) is 40.6. The molecule has 1 aliphatic heterocycles. The van der Waals surface area contributed by atoms with Crippen molar-refractivity contribution < 1.29 is 43.1 Å². The molecule has 4 aromatic rings. The molecule has 1 amide bonds. The minimum Gasteiger partial charge on any atom is -0.480 e. The number of aliphatic carboxylic acids is 1. The number of alkyl carbamates (subject to hydrolysis) is 1. The molecule has 1 heterocycles. The van der Waals surface area contributed by atoms with Crippen molar-refractivity contribution in [3.8, 4) is 0 Å². The normalized spacial score (nSPS) is 20.5. The van der Waals surface area contributed by atoms with Gasteiger partial charge in [0.25, 0.3) is 0 Å². The highest BCUT2D eigenvalue weighted by Gasteiger charge is 2.48. The quantitative estimate of drug-likeness (QED) is 0.0990. The van der Waals surface area contributed by atoms with Crippen LogP contribution in [0.25, 0.3) is 0 Å². The lowest BCUT2D eigenvalue weighted by atomic mass is 9.91. The highest BCUT2D eigenvalue weighted by molar-refractivity contribution is 5.79. The van der Waals surface area contributed by atoms with Gasteiger partial charge < -0.3 is 38.8 Å². The molecule has 0 saturated carbocycles. The number of ether oxygens (including phenoxy) is 6. The maximum atomic E-state index is 12.5. The lowest BCUT2D eigenvalue weighted by molar-refractivity contribution is -0.273. The van der Waals surface area contributed by atoms with Gasteiger partial charge >= 0.3 is 12.1 Å². The van der Waals surface area contributed by atoms with E-state index in [1.807, 2.05) is 121 Å². The van der Waals surface area contributed by atoms with E-state index in [1.165, 1.54) is 0 Å². The second-order valence-electron chi connectivity index (χ2n) is 14.5. The van der Waals surface area contributed by atoms with Gasteiger partial charge in [-0.2, -0.15) is 0 Å². The predicted molar refractivity (Wildman–Crippen MR) is 204 cm³/mol. The number of carboxylic acid groups (broad SMARTS) is 1. The molecular formula is C44H53NO9. The molecule has 1 aliphatic rings. The molecule has 2 N–H and O–H groups in total. The number of nitrogens with one attached hydrogen (secondary N) is 1. The lowest BCUT2D eigenvalue weighted by Crippen LogP contribution is -2.61. The summed E-state index contributed by atoms with van der Waals surface area (Å²) < 4.78 is 38.8. The van der Waals surface area contributed by atoms with Crippen LogP contribution in [0, 0.1) is 0 Å². The number of carbonyl (C=O) groups is 2. The Morgan fingerprint density at radius 1 is 0.648 bits per heavy atom. The van der Waals surface area contributed by atoms with Crippen LogP contribution in [0.1, 0.15) is 62.3 Å². The molecule has 4 aromatic carbocycles. The zero-order valence-corrected chi connectivity index (χ0v) is 31.4. The van der Waals surface area contributed by atoms with E-state index in [9.17, 15) is 14.7 Å². The molecule has 5 rings (SSSR count). The Morgan fingerprint density at radius 2 is 1.07 bits per heavy atom. The summed E-state index contributed by atoms with van der Waals surface area (Å²) in [6, 6.07) is 38.6. The summed E-state index contributed by atoms with van der Waals surface area (Å²) in [5.74, 6) is -1.15. The van der Waals surface area contributed by atoms with Crippen LogP contribution in [0.5, 0.6) is 0 Å². The number of hydrogen-bond donors (Lipinski definition) is 2. The average molecular weight is 740 g/mol. The van der Waals surface area contributed by atoms with Crippen LogP contribution < -0.4 is 5.32 Å². The monoisotopic (exact) mass is 739 g/mol. The molecule has 10 heteroatoms. The van der Waals surface area contributed by atoms with Crippen molar-refractivity contribution >= 4 is 12.1 Å². The standard InChI is InChI=1S/C44H53NO9/c1-44(2,3)54-43(48)45-36(42(46)47)25-16-26-37-39(50-28-33-19-10-5-11-20-33)41(52-30-35-23-14-7-15-24-35)40(51-29-34-21-12-6-13-22-34)38(53-37)31-49-27-32-17-8-4-9-18-32/h4-15,17-24,36-41H,16,25-31H2,1-3H3,(H,45,48)(H,46,47)/t36-,37-,38+,39+,40+,41+/m0/s1. The molecule has 54 heavy (non-hydrogen) atoms. The fourth-order valence-electron chi connectivity index (χ4n) is 6.35. The summed E-state index contributed by atoms with van der Waals surface area (Å²) >= 11 is 0. The van der Waals surface area contributed by atoms with Crippen molar-refractivity contribution in [1.82, 2.24) is 5.32 Å². The summed E-state index contributed by atoms with van der Waals surface area (Å²) in [7, 11) is 0. The molecule has 0 radical (unpaired) electrons. The number of carboxylic acids is 1. The Labute approximate surface area is 318 Å². The van der Waals surface area contributed by atoms with Crippen LogP contribution >= 0.6 is 0 Å². The first-order chi connectivity index (χ1) is 26.1. The van der Waals surface area contributed by atoms with Crippen molar-refractivity contribution in [3.63, 3.8) is 0 Å². The lowest BCUT2D eigenvalue weighted by Gasteiger charge is -2.46. The minimum absolute atomic E-state index is 0.151. The van der Waals surface area contributed by atoms with Crippen LogP contribution in [0.2, 0.25) is 0 Å². The molecular weight excluding hydrogens is 686 g/mol. The van der Waals surface area contributed by atoms with Crippen LogP contribution in [0.4, 0.5) is 4.79 Å². The summed E-state index contributed by atoms with van der Waals surface area (Å²) in [6.07, 6.45) is -2.63. The molecule has 0 bridgehead atoms. The fourth-order valence-corrected chi connectivity index (χ4v) is 6.35. The van der Waals surface area contributed by atoms with Gasteiger partial charge in [-0.3, -0.25) is 0 Å². The number of hydrogen-bond acceptors (Lipinski definition) is 8. The third-order valence-corrected chi connectivity index (χ3v) is 8.95. The van der Waals surface area contributed by atoms with Crippen LogP contribution in [-0.2, 0) is 59.6 Å². The summed E-state index contributed by atoms with van der Waals surface area (Å²) in [5, 5.41) is 12.5. The summed E-state index contributed by atoms with van der Waals surface area (Å²) in [6.45, 7) is 6.72. The largest absolute Gasteiger partial charge is 0.480 e. The van der Waals surface area contributed by atoms with E-state index in [-0.39, 0.29) is 13.0 Å². The van der Waals surface area contributed by atoms with Gasteiger partial charge in [0.1, 0.15) is 36.1 Å². The van der Waals surface area contributed by atoms with E-state index in [2.05, 4.69) is 5.32 Å². The first-order valence-electron chi connectivity index (χ1n) is 18.6. The molecule has 0 aromatic heterocycles. The maximum Gasteiger partial charge on any atom is 0.408 e. The molecule has 288 valence electrons. The van der Waals surface area contributed by atoms with E-state index in [4.69, 9.17) is 28.4 Å². The van der Waals surface area contributed by atoms with E-state index in [0.29, 0.717) is 39.3 Å². The Balaban J connectivity index is 1.42. The van der Waals surface area contributed by atoms with Crippen molar-refractivity contribution in [1.29, 1.82) is 0 Å². The Morgan fingerprint density at radius 3 is 1.52 bits per heavy atom. The van der Waals surface area contributed by atoms with Gasteiger partial charge in [-0.15, -0.1) is 0 Å². The van der Waals surface area contributed by atoms with E-state index in [0.717, 1.165) is 22.3 Å². The van der Waals surface area contributed by atoms with E-state index < -0.39 is 54.2 Å². The zero-order valence-electron chi connectivity index (χ0n) is 31.4. The molecule has 1 saturated heterocycles.